The van der Waals surface area contributed by atoms with Crippen LogP contribution in [-0.4, -0.2) is 88.4 Å². The maximum atomic E-state index is 14.4. The lowest BCUT2D eigenvalue weighted by molar-refractivity contribution is -0.145. The second-order valence-electron chi connectivity index (χ2n) is 16.4. The first-order valence-corrected chi connectivity index (χ1v) is 17.1. The van der Waals surface area contributed by atoms with Crippen molar-refractivity contribution in [2.75, 3.05) is 13.1 Å². The van der Waals surface area contributed by atoms with Gasteiger partial charge in [-0.3, -0.25) is 33.7 Å². The average molecular weight is 681 g/mol. The SMILES string of the molecule is CCCCC(NC(=O)[C@@H]1[C@@H]2[C@H](CN1C(=O)[C@@H](NC(=O)N[C@H](CN1C(=O)c3ccccc3C1=O)C(C)(C)C)C(C)(C)C)C2(C)C)C(=O)C(N)=O. The molecular formula is C36H52N6O7. The van der Waals surface area contributed by atoms with Gasteiger partial charge in [0.25, 0.3) is 17.7 Å². The molecule has 13 heteroatoms. The Kier molecular flexibility index (Phi) is 10.4. The molecule has 2 heterocycles. The highest BCUT2D eigenvalue weighted by molar-refractivity contribution is 6.37. The topological polar surface area (TPSA) is 188 Å². The van der Waals surface area contributed by atoms with Gasteiger partial charge in [-0.05, 0) is 46.6 Å². The number of primary amides is 1. The summed E-state index contributed by atoms with van der Waals surface area (Å²) in [6, 6.07) is 2.16. The summed E-state index contributed by atoms with van der Waals surface area (Å²) in [5.74, 6) is -4.02. The highest BCUT2D eigenvalue weighted by Crippen LogP contribution is 2.65. The Hall–Kier alpha value is -4.29. The Balaban J connectivity index is 1.53. The first-order chi connectivity index (χ1) is 22.6. The average Bonchev–Trinajstić information content (AvgIpc) is 3.27. The molecule has 1 saturated heterocycles. The largest absolute Gasteiger partial charge is 0.363 e. The van der Waals surface area contributed by atoms with Crippen molar-refractivity contribution in [1.82, 2.24) is 25.8 Å². The van der Waals surface area contributed by atoms with Gasteiger partial charge >= 0.3 is 6.03 Å². The summed E-state index contributed by atoms with van der Waals surface area (Å²) in [5.41, 5.74) is 4.30. The van der Waals surface area contributed by atoms with Crippen LogP contribution in [-0.2, 0) is 19.2 Å². The van der Waals surface area contributed by atoms with Crippen LogP contribution in [0.2, 0.25) is 0 Å². The number of piperidine rings is 1. The molecule has 1 aromatic carbocycles. The first-order valence-electron chi connectivity index (χ1n) is 17.1. The highest BCUT2D eigenvalue weighted by Gasteiger charge is 2.70. The van der Waals surface area contributed by atoms with Crippen LogP contribution in [0.25, 0.3) is 0 Å². The van der Waals surface area contributed by atoms with Crippen LogP contribution in [0.5, 0.6) is 0 Å². The quantitative estimate of drug-likeness (QED) is 0.193. The van der Waals surface area contributed by atoms with Gasteiger partial charge in [0, 0.05) is 6.54 Å². The minimum absolute atomic E-state index is 0.0347. The van der Waals surface area contributed by atoms with Crippen molar-refractivity contribution in [2.24, 2.45) is 33.8 Å². The summed E-state index contributed by atoms with van der Waals surface area (Å²) < 4.78 is 0. The fourth-order valence-electron chi connectivity index (χ4n) is 7.19. The summed E-state index contributed by atoms with van der Waals surface area (Å²) in [5, 5.41) is 8.46. The van der Waals surface area contributed by atoms with Gasteiger partial charge in [0.1, 0.15) is 12.1 Å². The molecular weight excluding hydrogens is 628 g/mol. The van der Waals surface area contributed by atoms with Gasteiger partial charge in [-0.15, -0.1) is 0 Å². The number of hydrogen-bond donors (Lipinski definition) is 4. The maximum absolute atomic E-state index is 14.4. The molecule has 0 spiro atoms. The van der Waals surface area contributed by atoms with Crippen LogP contribution in [0.1, 0.15) is 102 Å². The summed E-state index contributed by atoms with van der Waals surface area (Å²) >= 11 is 0. The number of nitrogens with two attached hydrogens (primary N) is 1. The molecule has 268 valence electrons. The van der Waals surface area contributed by atoms with Crippen LogP contribution < -0.4 is 21.7 Å². The van der Waals surface area contributed by atoms with Gasteiger partial charge in [-0.1, -0.05) is 87.3 Å². The Morgan fingerprint density at radius 3 is 1.98 bits per heavy atom. The molecule has 0 bridgehead atoms. The second-order valence-corrected chi connectivity index (χ2v) is 16.4. The number of unbranched alkanes of at least 4 members (excludes halogenated alkanes) is 1. The maximum Gasteiger partial charge on any atom is 0.315 e. The molecule has 2 aliphatic heterocycles. The van der Waals surface area contributed by atoms with Crippen molar-refractivity contribution in [3.05, 3.63) is 35.4 Å². The molecule has 49 heavy (non-hydrogen) atoms. The number of nitrogens with one attached hydrogen (secondary N) is 3. The van der Waals surface area contributed by atoms with E-state index in [4.69, 9.17) is 5.73 Å². The molecule has 6 atom stereocenters. The molecule has 5 N–H and O–H groups in total. The van der Waals surface area contributed by atoms with Crippen LogP contribution in [0.15, 0.2) is 24.3 Å². The molecule has 3 aliphatic rings. The third-order valence-corrected chi connectivity index (χ3v) is 10.5. The zero-order valence-electron chi connectivity index (χ0n) is 30.1. The van der Waals surface area contributed by atoms with Crippen molar-refractivity contribution in [2.45, 2.75) is 106 Å². The number of ketones is 1. The van der Waals surface area contributed by atoms with Gasteiger partial charge in [-0.2, -0.15) is 0 Å². The van der Waals surface area contributed by atoms with Crippen molar-refractivity contribution < 1.29 is 33.6 Å². The lowest BCUT2D eigenvalue weighted by Gasteiger charge is -2.39. The lowest BCUT2D eigenvalue weighted by Crippen LogP contribution is -2.62. The Labute approximate surface area is 288 Å². The molecule has 1 unspecified atom stereocenters. The van der Waals surface area contributed by atoms with Gasteiger partial charge < -0.3 is 26.6 Å². The van der Waals surface area contributed by atoms with Crippen LogP contribution in [0.3, 0.4) is 0 Å². The predicted octanol–water partition coefficient (Wildman–Crippen LogP) is 2.62. The van der Waals surface area contributed by atoms with E-state index >= 15 is 0 Å². The summed E-state index contributed by atoms with van der Waals surface area (Å²) in [6.07, 6.45) is 1.56. The molecule has 2 fully saturated rings. The number of benzene rings is 1. The number of carbonyl (C=O) groups is 7. The zero-order chi connectivity index (χ0) is 36.8. The molecule has 1 aromatic rings. The minimum atomic E-state index is -1.13. The number of hydrogen-bond acceptors (Lipinski definition) is 7. The molecule has 0 aromatic heterocycles. The number of likely N-dealkylation sites (tertiary alicyclic amines) is 1. The lowest BCUT2D eigenvalue weighted by atomic mass is 9.85. The number of urea groups is 1. The van der Waals surface area contributed by atoms with E-state index in [0.717, 1.165) is 11.3 Å². The van der Waals surface area contributed by atoms with Crippen molar-refractivity contribution in [3.8, 4) is 0 Å². The first kappa shape index (κ1) is 37.5. The summed E-state index contributed by atoms with van der Waals surface area (Å²) in [6.45, 7) is 17.2. The predicted molar refractivity (Wildman–Crippen MR) is 182 cm³/mol. The van der Waals surface area contributed by atoms with E-state index in [1.54, 1.807) is 45.0 Å². The highest BCUT2D eigenvalue weighted by atomic mass is 16.2. The Morgan fingerprint density at radius 1 is 0.918 bits per heavy atom. The number of fused-ring (bicyclic) bond motifs is 2. The van der Waals surface area contributed by atoms with E-state index in [-0.39, 0.29) is 36.8 Å². The number of carbonyl (C=O) groups excluding carboxylic acids is 7. The smallest absolute Gasteiger partial charge is 0.315 e. The van der Waals surface area contributed by atoms with Gasteiger partial charge in [-0.25, -0.2) is 4.79 Å². The van der Waals surface area contributed by atoms with Crippen molar-refractivity contribution in [3.63, 3.8) is 0 Å². The Morgan fingerprint density at radius 2 is 1.49 bits per heavy atom. The fraction of sp³-hybridized carbons (Fsp3) is 0.639. The Bertz CT molecular complexity index is 1510. The third-order valence-electron chi connectivity index (χ3n) is 10.5. The van der Waals surface area contributed by atoms with Crippen LogP contribution in [0.4, 0.5) is 4.79 Å². The van der Waals surface area contributed by atoms with Gasteiger partial charge in [0.2, 0.25) is 17.6 Å². The number of amides is 7. The van der Waals surface area contributed by atoms with E-state index in [0.29, 0.717) is 17.5 Å². The second kappa shape index (κ2) is 13.5. The third kappa shape index (κ3) is 7.50. The molecule has 1 saturated carbocycles. The summed E-state index contributed by atoms with van der Waals surface area (Å²) in [7, 11) is 0. The van der Waals surface area contributed by atoms with Gasteiger partial charge in [0.05, 0.1) is 29.8 Å². The number of Topliss-reactive ketones (excluding diaryl/α,β-unsaturated/α-hetero) is 1. The van der Waals surface area contributed by atoms with E-state index in [1.807, 2.05) is 41.5 Å². The van der Waals surface area contributed by atoms with E-state index in [9.17, 15) is 33.6 Å². The van der Waals surface area contributed by atoms with Gasteiger partial charge in [0.15, 0.2) is 0 Å². The molecule has 1 aliphatic carbocycles. The van der Waals surface area contributed by atoms with E-state index in [1.165, 1.54) is 4.90 Å². The molecule has 0 radical (unpaired) electrons. The molecule has 4 rings (SSSR count). The van der Waals surface area contributed by atoms with Crippen molar-refractivity contribution in [1.29, 1.82) is 0 Å². The number of nitrogens with zero attached hydrogens (tertiary/aromatic N) is 2. The number of rotatable bonds is 12. The molecule has 7 amide bonds. The van der Waals surface area contributed by atoms with E-state index in [2.05, 4.69) is 16.0 Å². The number of imide groups is 1. The molecule has 13 nitrogen and oxygen atoms in total. The minimum Gasteiger partial charge on any atom is -0.363 e. The standard InChI is InChI=1S/C36H52N6O7/c1-10-11-16-22(26(43)28(37)44)38-29(45)25-24-21(36(24,8)9)17-41(25)32(48)27(35(5,6)7)40-33(49)39-23(34(2,3)4)18-42-30(46)19-14-12-13-15-20(19)31(42)47/h12-15,21-25,27H,10-11,16-18H2,1-9H3,(H2,37,44)(H,38,45)(H2,39,40,49)/t21-,22?,23+,24-,25-,27+/m0/s1. The van der Waals surface area contributed by atoms with Crippen molar-refractivity contribution >= 4 is 41.4 Å². The van der Waals surface area contributed by atoms with Crippen LogP contribution >= 0.6 is 0 Å². The van der Waals surface area contributed by atoms with Crippen LogP contribution in [0, 0.1) is 28.1 Å². The monoisotopic (exact) mass is 680 g/mol. The normalized spacial score (nSPS) is 22.8. The summed E-state index contributed by atoms with van der Waals surface area (Å²) in [4.78, 5) is 95.1. The van der Waals surface area contributed by atoms with E-state index < -0.39 is 76.3 Å². The zero-order valence-corrected chi connectivity index (χ0v) is 30.1. The fourth-order valence-corrected chi connectivity index (χ4v) is 7.19.